The number of hydrogen-bond donors (Lipinski definition) is 1. The molecule has 0 saturated carbocycles. The van der Waals surface area contributed by atoms with E-state index in [1.165, 1.54) is 11.3 Å². The van der Waals surface area contributed by atoms with Gasteiger partial charge in [0.25, 0.3) is 5.56 Å². The van der Waals surface area contributed by atoms with Crippen LogP contribution in [0.5, 0.6) is 5.75 Å². The molecule has 1 N–H and O–H groups in total. The Morgan fingerprint density at radius 1 is 1.31 bits per heavy atom. The van der Waals surface area contributed by atoms with Gasteiger partial charge in [-0.3, -0.25) is 9.69 Å². The zero-order valence-corrected chi connectivity index (χ0v) is 17.8. The van der Waals surface area contributed by atoms with Gasteiger partial charge in [-0.1, -0.05) is 18.2 Å². The quantitative estimate of drug-likeness (QED) is 0.567. The van der Waals surface area contributed by atoms with Gasteiger partial charge in [-0.2, -0.15) is 0 Å². The van der Waals surface area contributed by atoms with Crippen molar-refractivity contribution in [2.75, 3.05) is 26.8 Å². The molecular weight excluding hydrogens is 390 g/mol. The van der Waals surface area contributed by atoms with E-state index in [2.05, 4.69) is 14.9 Å². The summed E-state index contributed by atoms with van der Waals surface area (Å²) in [6.07, 6.45) is 0. The fourth-order valence-electron chi connectivity index (χ4n) is 2.98. The second-order valence-electron chi connectivity index (χ2n) is 6.73. The molecule has 0 aliphatic carbocycles. The molecule has 2 heterocycles. The number of carbonyl (C=O) groups excluding carboxylic acids is 1. The van der Waals surface area contributed by atoms with Gasteiger partial charge in [0.2, 0.25) is 0 Å². The molecule has 29 heavy (non-hydrogen) atoms. The normalized spacial score (nSPS) is 12.3. The zero-order valence-electron chi connectivity index (χ0n) is 17.0. The highest BCUT2D eigenvalue weighted by molar-refractivity contribution is 7.20. The lowest BCUT2D eigenvalue weighted by atomic mass is 10.2. The Balaban J connectivity index is 1.76. The van der Waals surface area contributed by atoms with Crippen molar-refractivity contribution in [2.45, 2.75) is 26.8 Å². The number of aromatic nitrogens is 2. The number of fused-ring (bicyclic) bond motifs is 1. The molecule has 3 aromatic rings. The van der Waals surface area contributed by atoms with Crippen LogP contribution in [-0.4, -0.2) is 47.6 Å². The second-order valence-corrected chi connectivity index (χ2v) is 7.73. The summed E-state index contributed by atoms with van der Waals surface area (Å²) in [5, 5.41) is 0.448. The number of likely N-dealkylation sites (N-methyl/N-ethyl adjacent to an activating group) is 1. The number of hydrogen-bond acceptors (Lipinski definition) is 7. The van der Waals surface area contributed by atoms with E-state index in [4.69, 9.17) is 9.47 Å². The number of aromatic amines is 1. The molecule has 0 radical (unpaired) electrons. The Hall–Kier alpha value is -2.71. The molecule has 2 aromatic heterocycles. The van der Waals surface area contributed by atoms with Crippen LogP contribution in [0.4, 0.5) is 0 Å². The fourth-order valence-corrected chi connectivity index (χ4v) is 4.06. The first-order valence-electron chi connectivity index (χ1n) is 9.50. The summed E-state index contributed by atoms with van der Waals surface area (Å²) >= 11 is 1.20. The lowest BCUT2D eigenvalue weighted by Crippen LogP contribution is -2.29. The van der Waals surface area contributed by atoms with Crippen LogP contribution in [0.2, 0.25) is 0 Å². The molecule has 0 saturated heterocycles. The molecule has 8 heteroatoms. The number of esters is 1. The number of para-hydroxylation sites is 1. The topological polar surface area (TPSA) is 84.5 Å². The summed E-state index contributed by atoms with van der Waals surface area (Å²) in [7, 11) is 1.95. The van der Waals surface area contributed by atoms with E-state index in [-0.39, 0.29) is 18.2 Å². The molecule has 1 unspecified atom stereocenters. The largest absolute Gasteiger partial charge is 0.492 e. The van der Waals surface area contributed by atoms with Crippen LogP contribution in [0.15, 0.2) is 35.1 Å². The minimum absolute atomic E-state index is 0.125. The third kappa shape index (κ3) is 4.65. The van der Waals surface area contributed by atoms with E-state index in [1.54, 1.807) is 13.8 Å². The van der Waals surface area contributed by atoms with E-state index in [0.29, 0.717) is 39.6 Å². The van der Waals surface area contributed by atoms with Crippen molar-refractivity contribution >= 4 is 27.5 Å². The summed E-state index contributed by atoms with van der Waals surface area (Å²) in [4.78, 5) is 35.3. The summed E-state index contributed by atoms with van der Waals surface area (Å²) in [5.41, 5.74) is 0.371. The first kappa shape index (κ1) is 21.0. The molecule has 7 nitrogen and oxygen atoms in total. The predicted molar refractivity (Wildman–Crippen MR) is 114 cm³/mol. The fraction of sp³-hybridized carbons (Fsp3) is 0.381. The summed E-state index contributed by atoms with van der Waals surface area (Å²) < 4.78 is 10.8. The van der Waals surface area contributed by atoms with Crippen molar-refractivity contribution in [3.05, 3.63) is 57.0 Å². The molecule has 0 spiro atoms. The number of aryl methyl sites for hydroxylation is 1. The van der Waals surface area contributed by atoms with E-state index < -0.39 is 5.97 Å². The zero-order chi connectivity index (χ0) is 21.0. The van der Waals surface area contributed by atoms with Crippen LogP contribution >= 0.6 is 11.3 Å². The van der Waals surface area contributed by atoms with Crippen molar-refractivity contribution in [3.8, 4) is 5.75 Å². The standard InChI is InChI=1S/C21H25N3O4S/c1-5-27-21(26)17-13(2)16-19(25)22-18(23-20(16)29-17)14(3)24(4)11-12-28-15-9-7-6-8-10-15/h6-10,14H,5,11-12H2,1-4H3,(H,22,23,25). The number of carbonyl (C=O) groups is 1. The Morgan fingerprint density at radius 3 is 2.72 bits per heavy atom. The molecule has 3 rings (SSSR count). The van der Waals surface area contributed by atoms with E-state index in [1.807, 2.05) is 44.3 Å². The number of nitrogens with zero attached hydrogens (tertiary/aromatic N) is 2. The maximum absolute atomic E-state index is 12.7. The first-order chi connectivity index (χ1) is 13.9. The molecule has 0 bridgehead atoms. The lowest BCUT2D eigenvalue weighted by molar-refractivity contribution is 0.0531. The molecular formula is C21H25N3O4S. The number of nitrogens with one attached hydrogen (secondary N) is 1. The van der Waals surface area contributed by atoms with Crippen molar-refractivity contribution in [1.82, 2.24) is 14.9 Å². The van der Waals surface area contributed by atoms with Crippen molar-refractivity contribution < 1.29 is 14.3 Å². The maximum Gasteiger partial charge on any atom is 0.348 e. The van der Waals surface area contributed by atoms with Gasteiger partial charge in [0.05, 0.1) is 18.0 Å². The molecule has 0 amide bonds. The molecule has 0 aliphatic heterocycles. The minimum atomic E-state index is -0.419. The van der Waals surface area contributed by atoms with Gasteiger partial charge >= 0.3 is 5.97 Å². The number of ether oxygens (including phenoxy) is 2. The minimum Gasteiger partial charge on any atom is -0.492 e. The summed E-state index contributed by atoms with van der Waals surface area (Å²) in [5.74, 6) is 0.959. The molecule has 0 aliphatic rings. The van der Waals surface area contributed by atoms with Crippen molar-refractivity contribution in [1.29, 1.82) is 0 Å². The highest BCUT2D eigenvalue weighted by Crippen LogP contribution is 2.28. The third-order valence-corrected chi connectivity index (χ3v) is 5.96. The van der Waals surface area contributed by atoms with Gasteiger partial charge in [0.15, 0.2) is 0 Å². The average Bonchev–Trinajstić information content (AvgIpc) is 3.05. The molecule has 1 atom stereocenters. The van der Waals surface area contributed by atoms with Gasteiger partial charge in [0, 0.05) is 6.54 Å². The number of rotatable bonds is 8. The van der Waals surface area contributed by atoms with Crippen molar-refractivity contribution in [3.63, 3.8) is 0 Å². The SMILES string of the molecule is CCOC(=O)c1sc2nc(C(C)N(C)CCOc3ccccc3)[nH]c(=O)c2c1C. The van der Waals surface area contributed by atoms with Gasteiger partial charge in [0.1, 0.15) is 27.9 Å². The van der Waals surface area contributed by atoms with Gasteiger partial charge in [-0.25, -0.2) is 9.78 Å². The Kier molecular flexibility index (Phi) is 6.66. The number of thiophene rings is 1. The van der Waals surface area contributed by atoms with Crippen LogP contribution in [0, 0.1) is 6.92 Å². The van der Waals surface area contributed by atoms with Crippen LogP contribution in [-0.2, 0) is 4.74 Å². The summed E-state index contributed by atoms with van der Waals surface area (Å²) in [6.45, 7) is 6.94. The van der Waals surface area contributed by atoms with Crippen LogP contribution in [0.1, 0.15) is 40.9 Å². The Labute approximate surface area is 173 Å². The van der Waals surface area contributed by atoms with Crippen LogP contribution < -0.4 is 10.3 Å². The first-order valence-corrected chi connectivity index (χ1v) is 10.3. The second kappa shape index (κ2) is 9.19. The predicted octanol–water partition coefficient (Wildman–Crippen LogP) is 3.54. The van der Waals surface area contributed by atoms with E-state index in [0.717, 1.165) is 5.75 Å². The average molecular weight is 416 g/mol. The molecule has 1 aromatic carbocycles. The van der Waals surface area contributed by atoms with E-state index in [9.17, 15) is 9.59 Å². The number of benzene rings is 1. The van der Waals surface area contributed by atoms with E-state index >= 15 is 0 Å². The summed E-state index contributed by atoms with van der Waals surface area (Å²) in [6, 6.07) is 9.50. The van der Waals surface area contributed by atoms with Crippen molar-refractivity contribution in [2.24, 2.45) is 0 Å². The molecule has 154 valence electrons. The van der Waals surface area contributed by atoms with Gasteiger partial charge < -0.3 is 14.5 Å². The van der Waals surface area contributed by atoms with Gasteiger partial charge in [-0.05, 0) is 45.5 Å². The monoisotopic (exact) mass is 415 g/mol. The Morgan fingerprint density at radius 2 is 2.03 bits per heavy atom. The number of H-pyrrole nitrogens is 1. The van der Waals surface area contributed by atoms with Crippen LogP contribution in [0.25, 0.3) is 10.2 Å². The molecule has 0 fully saturated rings. The smallest absolute Gasteiger partial charge is 0.348 e. The lowest BCUT2D eigenvalue weighted by Gasteiger charge is -2.23. The third-order valence-electron chi connectivity index (χ3n) is 4.79. The highest BCUT2D eigenvalue weighted by atomic mass is 32.1. The van der Waals surface area contributed by atoms with Gasteiger partial charge in [-0.15, -0.1) is 11.3 Å². The maximum atomic E-state index is 12.7. The Bertz CT molecular complexity index is 1050. The van der Waals surface area contributed by atoms with Crippen LogP contribution in [0.3, 0.4) is 0 Å². The highest BCUT2D eigenvalue weighted by Gasteiger charge is 2.22.